The number of halogens is 3. The van der Waals surface area contributed by atoms with Crippen LogP contribution in [-0.4, -0.2) is 17.1 Å². The molecular weight excluding hydrogens is 608 g/mol. The van der Waals surface area contributed by atoms with Gasteiger partial charge >= 0.3 is 27.2 Å². The van der Waals surface area contributed by atoms with Crippen LogP contribution in [0, 0.1) is 18.4 Å². The van der Waals surface area contributed by atoms with Crippen LogP contribution in [0.25, 0.3) is 22.5 Å². The van der Waals surface area contributed by atoms with E-state index in [9.17, 15) is 13.2 Å². The maximum absolute atomic E-state index is 13.1. The fourth-order valence-electron chi connectivity index (χ4n) is 2.73. The van der Waals surface area contributed by atoms with Crippen LogP contribution in [-0.2, 0) is 27.2 Å². The quantitative estimate of drug-likeness (QED) is 0.199. The third-order valence-electron chi connectivity index (χ3n) is 4.31. The van der Waals surface area contributed by atoms with Gasteiger partial charge in [0, 0.05) is 23.8 Å². The van der Waals surface area contributed by atoms with Crippen molar-refractivity contribution in [1.82, 2.24) is 9.97 Å². The summed E-state index contributed by atoms with van der Waals surface area (Å²) in [7, 11) is 1.61. The number of pyridine rings is 2. The van der Waals surface area contributed by atoms with E-state index >= 15 is 0 Å². The Morgan fingerprint density at radius 2 is 1.36 bits per heavy atom. The van der Waals surface area contributed by atoms with Crippen LogP contribution in [0.4, 0.5) is 13.2 Å². The Balaban J connectivity index is 0.000000297. The van der Waals surface area contributed by atoms with Crippen LogP contribution in [0.5, 0.6) is 5.75 Å². The molecule has 0 amide bonds. The summed E-state index contributed by atoms with van der Waals surface area (Å²) in [5.74, 6) is 3.08. The Morgan fingerprint density at radius 3 is 1.73 bits per heavy atom. The van der Waals surface area contributed by atoms with E-state index in [1.54, 1.807) is 67.8 Å². The van der Waals surface area contributed by atoms with E-state index in [1.165, 1.54) is 12.4 Å². The zero-order valence-corrected chi connectivity index (χ0v) is 19.6. The van der Waals surface area contributed by atoms with Gasteiger partial charge < -0.3 is 11.2 Å². The number of aromatic nitrogens is 2. The largest absolute Gasteiger partial charge is 2.00 e. The van der Waals surface area contributed by atoms with Gasteiger partial charge in [0.2, 0.25) is 0 Å². The number of alkyl halides is 3. The normalized spacial score (nSPS) is 10.2. The average Bonchev–Trinajstić information content (AvgIpc) is 2.85. The summed E-state index contributed by atoms with van der Waals surface area (Å²) in [6.45, 7) is 0. The van der Waals surface area contributed by atoms with Crippen molar-refractivity contribution in [2.75, 3.05) is 7.11 Å². The molecule has 2 aromatic carbocycles. The maximum atomic E-state index is 13.1. The molecule has 3 nitrogen and oxygen atoms in total. The Bertz CT molecular complexity index is 1130. The molecule has 2 aromatic heterocycles. The number of hydrogen-bond donors (Lipinski definition) is 0. The number of rotatable bonds is 3. The van der Waals surface area contributed by atoms with Gasteiger partial charge in [-0.1, -0.05) is 35.4 Å². The van der Waals surface area contributed by atoms with Crippen LogP contribution in [0.2, 0.25) is 0 Å². The van der Waals surface area contributed by atoms with Gasteiger partial charge in [0.05, 0.1) is 7.11 Å². The summed E-state index contributed by atoms with van der Waals surface area (Å²) in [5, 5.41) is 0. The van der Waals surface area contributed by atoms with Gasteiger partial charge in [-0.3, -0.25) is 15.9 Å². The first-order valence-electron chi connectivity index (χ1n) is 9.45. The summed E-state index contributed by atoms with van der Waals surface area (Å²) in [5.41, 5.74) is 1.47. The molecule has 0 fully saturated rings. The van der Waals surface area contributed by atoms with Gasteiger partial charge in [0.15, 0.2) is 0 Å². The van der Waals surface area contributed by atoms with Crippen molar-refractivity contribution in [3.05, 3.63) is 109 Å². The minimum absolute atomic E-state index is 0. The molecule has 4 rings (SSSR count). The molecular formula is C26H17F3N2OPt. The van der Waals surface area contributed by atoms with Crippen molar-refractivity contribution in [1.29, 1.82) is 0 Å². The molecule has 0 aliphatic rings. The van der Waals surface area contributed by atoms with Crippen molar-refractivity contribution in [2.45, 2.75) is 6.18 Å². The molecule has 33 heavy (non-hydrogen) atoms. The molecule has 0 saturated carbocycles. The molecule has 0 aliphatic heterocycles. The zero-order chi connectivity index (χ0) is 23.0. The van der Waals surface area contributed by atoms with Crippen molar-refractivity contribution in [3.63, 3.8) is 0 Å². The van der Waals surface area contributed by atoms with Gasteiger partial charge in [-0.25, -0.2) is 0 Å². The predicted molar refractivity (Wildman–Crippen MR) is 116 cm³/mol. The molecule has 0 atom stereocenters. The van der Waals surface area contributed by atoms with Crippen LogP contribution >= 0.6 is 0 Å². The summed E-state index contributed by atoms with van der Waals surface area (Å²) in [4.78, 5) is 8.18. The number of hydrogen-bond acceptors (Lipinski definition) is 3. The van der Waals surface area contributed by atoms with E-state index in [1.807, 2.05) is 0 Å². The number of benzene rings is 2. The Hall–Kier alpha value is -3.42. The standard InChI is InChI=1S/C17H10F3N2.C9H7O.Pt/c18-17(19,20)14-10-12(15-5-1-3-7-21-15)9-13(11-14)16-6-2-4-8-22-16;1-3-8-4-6-9(10-2)7-5-8;/h1-8,10-11H;4-7H,2H3;/q2*-1;+2. The first-order chi connectivity index (χ1) is 15.4. The topological polar surface area (TPSA) is 35.0 Å². The Labute approximate surface area is 205 Å². The van der Waals surface area contributed by atoms with Gasteiger partial charge in [-0.15, -0.1) is 35.9 Å². The molecule has 168 valence electrons. The van der Waals surface area contributed by atoms with Crippen LogP contribution in [0.3, 0.4) is 0 Å². The summed E-state index contributed by atoms with van der Waals surface area (Å²) < 4.78 is 44.3. The van der Waals surface area contributed by atoms with E-state index in [4.69, 9.17) is 11.2 Å². The maximum Gasteiger partial charge on any atom is 2.00 e. The molecule has 0 spiro atoms. The third-order valence-corrected chi connectivity index (χ3v) is 4.31. The number of ether oxygens (including phenoxy) is 1. The van der Waals surface area contributed by atoms with E-state index < -0.39 is 11.7 Å². The molecule has 7 heteroatoms. The summed E-state index contributed by atoms with van der Waals surface area (Å²) >= 11 is 0. The Kier molecular flexibility index (Phi) is 9.39. The minimum Gasteiger partial charge on any atom is -0.497 e. The molecule has 2 heterocycles. The monoisotopic (exact) mass is 625 g/mol. The first-order valence-corrected chi connectivity index (χ1v) is 9.45. The molecule has 0 saturated heterocycles. The van der Waals surface area contributed by atoms with Gasteiger partial charge in [0.1, 0.15) is 5.75 Å². The van der Waals surface area contributed by atoms with Crippen LogP contribution < -0.4 is 4.74 Å². The van der Waals surface area contributed by atoms with Gasteiger partial charge in [0.25, 0.3) is 0 Å². The molecule has 0 radical (unpaired) electrons. The van der Waals surface area contributed by atoms with E-state index in [-0.39, 0.29) is 32.2 Å². The second-order valence-electron chi connectivity index (χ2n) is 6.48. The van der Waals surface area contributed by atoms with Crippen molar-refractivity contribution in [2.24, 2.45) is 0 Å². The molecule has 4 aromatic rings. The number of nitrogens with zero attached hydrogens (tertiary/aromatic N) is 2. The summed E-state index contributed by atoms with van der Waals surface area (Å²) in [6, 6.07) is 22.4. The molecule has 0 bridgehead atoms. The Morgan fingerprint density at radius 1 is 0.848 bits per heavy atom. The third kappa shape index (κ3) is 7.30. The second-order valence-corrected chi connectivity index (χ2v) is 6.48. The first kappa shape index (κ1) is 25.8. The van der Waals surface area contributed by atoms with Crippen molar-refractivity contribution >= 4 is 0 Å². The number of methoxy groups -OCH3 is 1. The van der Waals surface area contributed by atoms with E-state index in [0.717, 1.165) is 23.4 Å². The van der Waals surface area contributed by atoms with Crippen molar-refractivity contribution < 1.29 is 39.0 Å². The van der Waals surface area contributed by atoms with Crippen molar-refractivity contribution in [3.8, 4) is 34.2 Å². The molecule has 0 N–H and O–H groups in total. The van der Waals surface area contributed by atoms with E-state index in [2.05, 4.69) is 22.0 Å². The minimum atomic E-state index is -4.44. The van der Waals surface area contributed by atoms with Crippen LogP contribution in [0.15, 0.2) is 85.2 Å². The smallest absolute Gasteiger partial charge is 0.497 e. The average molecular weight is 626 g/mol. The molecule has 0 aliphatic carbocycles. The van der Waals surface area contributed by atoms with Gasteiger partial charge in [-0.05, 0) is 29.8 Å². The fraction of sp³-hybridized carbons (Fsp3) is 0.0769. The predicted octanol–water partition coefficient (Wildman–Crippen LogP) is 6.26. The van der Waals surface area contributed by atoms with Crippen LogP contribution in [0.1, 0.15) is 11.1 Å². The molecule has 0 unspecified atom stereocenters. The SMILES string of the molecule is FC(F)(F)c1cc(-c2ccccn2)[c-]c(-c2ccccn2)c1.[C-]#Cc1ccc(OC)cc1.[Pt+2]. The van der Waals surface area contributed by atoms with Gasteiger partial charge in [-0.2, -0.15) is 13.2 Å². The second kappa shape index (κ2) is 12.0. The summed E-state index contributed by atoms with van der Waals surface area (Å²) in [6.07, 6.45) is 5.40. The zero-order valence-electron chi connectivity index (χ0n) is 17.3. The fourth-order valence-corrected chi connectivity index (χ4v) is 2.73. The van der Waals surface area contributed by atoms with E-state index in [0.29, 0.717) is 11.4 Å².